The van der Waals surface area contributed by atoms with E-state index in [-0.39, 0.29) is 24.3 Å². The third-order valence-electron chi connectivity index (χ3n) is 5.24. The second-order valence-corrected chi connectivity index (χ2v) is 6.92. The number of allylic oxidation sites excluding steroid dienone is 1. The quantitative estimate of drug-likeness (QED) is 0.399. The molecule has 2 aliphatic rings. The van der Waals surface area contributed by atoms with E-state index in [1.54, 1.807) is 0 Å². The van der Waals surface area contributed by atoms with E-state index in [4.69, 9.17) is 4.74 Å². The zero-order valence-corrected chi connectivity index (χ0v) is 15.2. The maximum atomic E-state index is 12.7. The molecule has 0 aliphatic carbocycles. The van der Waals surface area contributed by atoms with E-state index in [1.807, 2.05) is 6.08 Å². The van der Waals surface area contributed by atoms with Gasteiger partial charge < -0.3 is 4.74 Å². The Morgan fingerprint density at radius 2 is 1.96 bits per heavy atom. The van der Waals surface area contributed by atoms with Crippen molar-refractivity contribution in [1.82, 2.24) is 10.2 Å². The summed E-state index contributed by atoms with van der Waals surface area (Å²) in [6.07, 6.45) is 11.1. The molecule has 2 atom stereocenters. The van der Waals surface area contributed by atoms with Crippen LogP contribution in [0.1, 0.15) is 58.8 Å². The van der Waals surface area contributed by atoms with Crippen molar-refractivity contribution >= 4 is 11.8 Å². The van der Waals surface area contributed by atoms with Gasteiger partial charge in [0.25, 0.3) is 0 Å². The maximum Gasteiger partial charge on any atom is 0.238 e. The molecule has 0 aromatic heterocycles. The average molecular weight is 336 g/mol. The zero-order chi connectivity index (χ0) is 17.4. The molecular formula is C19H32N2O3. The summed E-state index contributed by atoms with van der Waals surface area (Å²) in [7, 11) is 0. The fourth-order valence-electron chi connectivity index (χ4n) is 3.97. The van der Waals surface area contributed by atoms with Crippen molar-refractivity contribution in [2.45, 2.75) is 64.8 Å². The van der Waals surface area contributed by atoms with Crippen LogP contribution in [-0.2, 0) is 14.3 Å². The van der Waals surface area contributed by atoms with E-state index in [1.165, 1.54) is 19.3 Å². The number of morpholine rings is 1. The molecule has 2 saturated heterocycles. The lowest BCUT2D eigenvalue weighted by molar-refractivity contribution is -0.130. The molecule has 5 heteroatoms. The van der Waals surface area contributed by atoms with E-state index in [0.29, 0.717) is 13.2 Å². The number of nitrogens with one attached hydrogen (secondary N) is 1. The third kappa shape index (κ3) is 4.45. The Hall–Kier alpha value is -1.20. The number of amides is 2. The normalized spacial score (nSPS) is 26.9. The van der Waals surface area contributed by atoms with Crippen LogP contribution in [0.5, 0.6) is 0 Å². The van der Waals surface area contributed by atoms with Crippen LogP contribution in [-0.4, -0.2) is 49.1 Å². The number of hydrogen-bond acceptors (Lipinski definition) is 4. The molecule has 1 N–H and O–H groups in total. The highest BCUT2D eigenvalue weighted by molar-refractivity contribution is 6.07. The highest BCUT2D eigenvalue weighted by Gasteiger charge is 2.51. The van der Waals surface area contributed by atoms with Gasteiger partial charge in [0.1, 0.15) is 0 Å². The molecule has 5 nitrogen and oxygen atoms in total. The lowest BCUT2D eigenvalue weighted by Gasteiger charge is -2.41. The predicted octanol–water partition coefficient (Wildman–Crippen LogP) is 2.66. The van der Waals surface area contributed by atoms with E-state index in [9.17, 15) is 9.59 Å². The summed E-state index contributed by atoms with van der Waals surface area (Å²) >= 11 is 0. The molecule has 0 saturated carbocycles. The monoisotopic (exact) mass is 336 g/mol. The third-order valence-corrected chi connectivity index (χ3v) is 5.24. The molecule has 2 aliphatic heterocycles. The maximum absolute atomic E-state index is 12.7. The molecule has 2 amide bonds. The minimum Gasteiger partial charge on any atom is -0.379 e. The average Bonchev–Trinajstić information content (AvgIpc) is 2.87. The van der Waals surface area contributed by atoms with Crippen molar-refractivity contribution in [3.05, 3.63) is 12.2 Å². The van der Waals surface area contributed by atoms with Gasteiger partial charge in [-0.2, -0.15) is 0 Å². The van der Waals surface area contributed by atoms with Gasteiger partial charge in [-0.25, -0.2) is 0 Å². The Morgan fingerprint density at radius 1 is 1.21 bits per heavy atom. The number of ether oxygens (including phenoxy) is 1. The lowest BCUT2D eigenvalue weighted by Crippen LogP contribution is -2.53. The first-order valence-electron chi connectivity index (χ1n) is 9.47. The van der Waals surface area contributed by atoms with Crippen LogP contribution in [0.3, 0.4) is 0 Å². The van der Waals surface area contributed by atoms with Crippen LogP contribution < -0.4 is 5.32 Å². The minimum absolute atomic E-state index is 0.0553. The standard InChI is InChI=1S/C19H32N2O3/c1-3-5-6-7-8-9-10-19(15-17(22)20-18(19)23)16(4-2)21-11-13-24-14-12-21/h9-10,16H,3-8,11-15H2,1-2H3,(H,20,22,23). The Bertz CT molecular complexity index is 458. The molecule has 24 heavy (non-hydrogen) atoms. The van der Waals surface area contributed by atoms with E-state index in [0.717, 1.165) is 32.4 Å². The Balaban J connectivity index is 2.11. The first kappa shape index (κ1) is 19.1. The molecule has 2 heterocycles. The number of unbranched alkanes of at least 4 members (excludes halogenated alkanes) is 4. The fraction of sp³-hybridized carbons (Fsp3) is 0.789. The summed E-state index contributed by atoms with van der Waals surface area (Å²) < 4.78 is 5.45. The summed E-state index contributed by atoms with van der Waals surface area (Å²) in [5, 5.41) is 2.54. The van der Waals surface area contributed by atoms with Gasteiger partial charge in [0.15, 0.2) is 0 Å². The van der Waals surface area contributed by atoms with E-state index in [2.05, 4.69) is 30.1 Å². The van der Waals surface area contributed by atoms with Gasteiger partial charge in [-0.05, 0) is 19.3 Å². The van der Waals surface area contributed by atoms with Crippen LogP contribution in [0.15, 0.2) is 12.2 Å². The van der Waals surface area contributed by atoms with E-state index >= 15 is 0 Å². The van der Waals surface area contributed by atoms with Gasteiger partial charge in [-0.15, -0.1) is 0 Å². The predicted molar refractivity (Wildman–Crippen MR) is 94.6 cm³/mol. The first-order chi connectivity index (χ1) is 11.6. The number of carbonyl (C=O) groups is 2. The van der Waals surface area contributed by atoms with Gasteiger partial charge in [0.2, 0.25) is 11.8 Å². The van der Waals surface area contributed by atoms with Gasteiger partial charge >= 0.3 is 0 Å². The largest absolute Gasteiger partial charge is 0.379 e. The number of rotatable bonds is 9. The molecule has 0 bridgehead atoms. The Labute approximate surface area is 145 Å². The smallest absolute Gasteiger partial charge is 0.238 e. The van der Waals surface area contributed by atoms with Crippen LogP contribution in [0.4, 0.5) is 0 Å². The molecule has 136 valence electrons. The van der Waals surface area contributed by atoms with Crippen LogP contribution >= 0.6 is 0 Å². The highest BCUT2D eigenvalue weighted by Crippen LogP contribution is 2.38. The van der Waals surface area contributed by atoms with Crippen LogP contribution in [0.25, 0.3) is 0 Å². The molecule has 0 aromatic rings. The van der Waals surface area contributed by atoms with Gasteiger partial charge in [-0.1, -0.05) is 45.3 Å². The molecule has 2 fully saturated rings. The van der Waals surface area contributed by atoms with Crippen LogP contribution in [0, 0.1) is 5.41 Å². The van der Waals surface area contributed by atoms with Crippen molar-refractivity contribution in [2.24, 2.45) is 5.41 Å². The number of carbonyl (C=O) groups excluding carboxylic acids is 2. The second-order valence-electron chi connectivity index (χ2n) is 6.92. The van der Waals surface area contributed by atoms with Gasteiger partial charge in [-0.3, -0.25) is 19.8 Å². The molecule has 0 aromatic carbocycles. The molecular weight excluding hydrogens is 304 g/mol. The van der Waals surface area contributed by atoms with Crippen molar-refractivity contribution in [3.63, 3.8) is 0 Å². The van der Waals surface area contributed by atoms with Crippen LogP contribution in [0.2, 0.25) is 0 Å². The van der Waals surface area contributed by atoms with Gasteiger partial charge in [0, 0.05) is 25.6 Å². The van der Waals surface area contributed by atoms with Crippen molar-refractivity contribution in [3.8, 4) is 0 Å². The van der Waals surface area contributed by atoms with Crippen molar-refractivity contribution in [1.29, 1.82) is 0 Å². The number of nitrogens with zero attached hydrogens (tertiary/aromatic N) is 1. The summed E-state index contributed by atoms with van der Waals surface area (Å²) in [5.41, 5.74) is -0.714. The zero-order valence-electron chi connectivity index (χ0n) is 15.2. The number of hydrogen-bond donors (Lipinski definition) is 1. The molecule has 2 rings (SSSR count). The number of imide groups is 1. The topological polar surface area (TPSA) is 58.6 Å². The first-order valence-corrected chi connectivity index (χ1v) is 9.47. The summed E-state index contributed by atoms with van der Waals surface area (Å²) in [6.45, 7) is 7.35. The fourth-order valence-corrected chi connectivity index (χ4v) is 3.97. The highest BCUT2D eigenvalue weighted by atomic mass is 16.5. The molecule has 2 unspecified atom stereocenters. The second kappa shape index (κ2) is 9.33. The summed E-state index contributed by atoms with van der Waals surface area (Å²) in [5.74, 6) is -0.280. The van der Waals surface area contributed by atoms with Crippen molar-refractivity contribution in [2.75, 3.05) is 26.3 Å². The molecule has 0 spiro atoms. The minimum atomic E-state index is -0.714. The SMILES string of the molecule is CCCCCCC=CC1(C(CC)N2CCOCC2)CC(=O)NC1=O. The van der Waals surface area contributed by atoms with Gasteiger partial charge in [0.05, 0.1) is 18.6 Å². The van der Waals surface area contributed by atoms with E-state index < -0.39 is 5.41 Å². The van der Waals surface area contributed by atoms with Crippen molar-refractivity contribution < 1.29 is 14.3 Å². The summed E-state index contributed by atoms with van der Waals surface area (Å²) in [4.78, 5) is 26.9. The summed E-state index contributed by atoms with van der Waals surface area (Å²) in [6, 6.07) is 0.0553. The Morgan fingerprint density at radius 3 is 2.54 bits per heavy atom. The lowest BCUT2D eigenvalue weighted by atomic mass is 9.75. The molecule has 0 radical (unpaired) electrons. The Kier molecular flexibility index (Phi) is 7.43.